The quantitative estimate of drug-likeness (QED) is 0.539. The second-order valence-corrected chi connectivity index (χ2v) is 10.4. The molecule has 0 unspecified atom stereocenters. The molecule has 0 bridgehead atoms. The second kappa shape index (κ2) is 8.55. The van der Waals surface area contributed by atoms with Crippen LogP contribution in [0.5, 0.6) is 0 Å². The van der Waals surface area contributed by atoms with Gasteiger partial charge in [-0.2, -0.15) is 10.2 Å². The van der Waals surface area contributed by atoms with Crippen molar-refractivity contribution in [2.75, 3.05) is 18.8 Å². The number of rotatable bonds is 5. The van der Waals surface area contributed by atoms with Crippen molar-refractivity contribution in [2.24, 2.45) is 17.1 Å². The van der Waals surface area contributed by atoms with E-state index in [0.717, 1.165) is 44.2 Å². The number of hydrogen-bond donors (Lipinski definition) is 2. The van der Waals surface area contributed by atoms with Gasteiger partial charge in [-0.3, -0.25) is 14.3 Å². The van der Waals surface area contributed by atoms with E-state index in [4.69, 9.17) is 16.6 Å². The molecule has 0 radical (unpaired) electrons. The van der Waals surface area contributed by atoms with Crippen LogP contribution in [0.3, 0.4) is 0 Å². The summed E-state index contributed by atoms with van der Waals surface area (Å²) >= 11 is 0. The van der Waals surface area contributed by atoms with Crippen LogP contribution in [-0.4, -0.2) is 49.4 Å². The maximum Gasteiger partial charge on any atom is 0.298 e. The normalized spacial score (nSPS) is 22.8. The van der Waals surface area contributed by atoms with Crippen LogP contribution in [0.15, 0.2) is 42.7 Å². The molecule has 0 atom stereocenters. The first-order valence-corrected chi connectivity index (χ1v) is 12.5. The molecule has 3 fully saturated rings. The van der Waals surface area contributed by atoms with Crippen LogP contribution in [-0.2, 0) is 11.3 Å². The van der Waals surface area contributed by atoms with E-state index >= 15 is 0 Å². The van der Waals surface area contributed by atoms with Crippen molar-refractivity contribution in [3.8, 4) is 23.1 Å². The van der Waals surface area contributed by atoms with Crippen LogP contribution >= 0.6 is 0 Å². The van der Waals surface area contributed by atoms with Gasteiger partial charge in [0.1, 0.15) is 17.1 Å². The van der Waals surface area contributed by atoms with Gasteiger partial charge in [0, 0.05) is 30.8 Å². The molecule has 2 amide bonds. The molecule has 2 saturated carbocycles. The van der Waals surface area contributed by atoms with Crippen molar-refractivity contribution in [1.82, 2.24) is 24.5 Å². The van der Waals surface area contributed by atoms with Crippen molar-refractivity contribution >= 4 is 17.6 Å². The molecule has 9 nitrogen and oxygen atoms in total. The average molecular weight is 484 g/mol. The average Bonchev–Trinajstić information content (AvgIpc) is 3.22. The van der Waals surface area contributed by atoms with Crippen molar-refractivity contribution in [2.45, 2.75) is 44.7 Å². The van der Waals surface area contributed by atoms with Crippen LogP contribution in [0.1, 0.15) is 54.1 Å². The van der Waals surface area contributed by atoms with Gasteiger partial charge in [0.2, 0.25) is 0 Å². The van der Waals surface area contributed by atoms with Crippen molar-refractivity contribution in [1.29, 1.82) is 0 Å². The summed E-state index contributed by atoms with van der Waals surface area (Å²) in [7, 11) is 0. The molecule has 6 rings (SSSR count). The molecule has 1 aromatic carbocycles. The summed E-state index contributed by atoms with van der Waals surface area (Å²) in [4.78, 5) is 26.7. The fourth-order valence-corrected chi connectivity index (χ4v) is 5.54. The number of likely N-dealkylation sites (tertiary alicyclic amines) is 1. The minimum absolute atomic E-state index is 0.0591. The summed E-state index contributed by atoms with van der Waals surface area (Å²) in [6, 6.07) is 10.1. The number of carbonyl (C=O) groups is 2. The number of anilines is 1. The summed E-state index contributed by atoms with van der Waals surface area (Å²) in [5.74, 6) is 5.92. The van der Waals surface area contributed by atoms with E-state index in [-0.39, 0.29) is 28.7 Å². The molecule has 1 spiro atoms. The Bertz CT molecular complexity index is 1380. The lowest BCUT2D eigenvalue weighted by Crippen LogP contribution is -2.42. The lowest BCUT2D eigenvalue weighted by Gasteiger charge is -2.45. The van der Waals surface area contributed by atoms with Gasteiger partial charge in [-0.1, -0.05) is 36.3 Å². The maximum absolute atomic E-state index is 12.5. The predicted molar refractivity (Wildman–Crippen MR) is 134 cm³/mol. The van der Waals surface area contributed by atoms with Gasteiger partial charge >= 0.3 is 0 Å². The second-order valence-electron chi connectivity index (χ2n) is 10.4. The number of hydrogen-bond acceptors (Lipinski definition) is 5. The fraction of sp³-hybridized carbons (Fsp3) is 0.407. The largest absolute Gasteiger partial charge is 0.383 e. The summed E-state index contributed by atoms with van der Waals surface area (Å²) in [5.41, 5.74) is 14.7. The summed E-state index contributed by atoms with van der Waals surface area (Å²) in [6.07, 6.45) is 8.42. The number of amides is 2. The summed E-state index contributed by atoms with van der Waals surface area (Å²) < 4.78 is 3.55. The SMILES string of the molecule is NC(=O)c1c(-c2cnn(Cc3ccccc3)c2)nn(C2CC3(CCN(C(=O)C#CC4CC4)C3)C2)c1N. The molecule has 3 heterocycles. The monoisotopic (exact) mass is 483 g/mol. The predicted octanol–water partition coefficient (Wildman–Crippen LogP) is 2.44. The van der Waals surface area contributed by atoms with Crippen molar-refractivity contribution < 1.29 is 9.59 Å². The Labute approximate surface area is 209 Å². The highest BCUT2D eigenvalue weighted by Gasteiger charge is 2.51. The van der Waals surface area contributed by atoms with Gasteiger partial charge in [-0.15, -0.1) is 0 Å². The van der Waals surface area contributed by atoms with Crippen LogP contribution in [0, 0.1) is 23.2 Å². The maximum atomic E-state index is 12.5. The van der Waals surface area contributed by atoms with E-state index in [1.807, 2.05) is 41.4 Å². The van der Waals surface area contributed by atoms with E-state index in [9.17, 15) is 9.59 Å². The zero-order valence-electron chi connectivity index (χ0n) is 20.1. The zero-order chi connectivity index (χ0) is 24.9. The van der Waals surface area contributed by atoms with Crippen LogP contribution < -0.4 is 11.5 Å². The van der Waals surface area contributed by atoms with Gasteiger partial charge in [0.05, 0.1) is 18.8 Å². The number of nitrogen functional groups attached to an aromatic ring is 1. The van der Waals surface area contributed by atoms with Gasteiger partial charge in [-0.25, -0.2) is 4.68 Å². The van der Waals surface area contributed by atoms with Gasteiger partial charge in [-0.05, 0) is 49.0 Å². The molecular formula is C27H29N7O2. The molecular weight excluding hydrogens is 454 g/mol. The van der Waals surface area contributed by atoms with E-state index < -0.39 is 5.91 Å². The highest BCUT2D eigenvalue weighted by Crippen LogP contribution is 2.54. The Morgan fingerprint density at radius 3 is 2.67 bits per heavy atom. The number of benzene rings is 1. The fourth-order valence-electron chi connectivity index (χ4n) is 5.54. The highest BCUT2D eigenvalue weighted by molar-refractivity contribution is 6.03. The lowest BCUT2D eigenvalue weighted by atomic mass is 9.65. The summed E-state index contributed by atoms with van der Waals surface area (Å²) in [6.45, 7) is 2.05. The number of nitrogens with zero attached hydrogens (tertiary/aromatic N) is 5. The third-order valence-corrected chi connectivity index (χ3v) is 7.66. The number of primary amides is 1. The molecule has 1 saturated heterocycles. The molecule has 4 N–H and O–H groups in total. The molecule has 184 valence electrons. The molecule has 1 aliphatic heterocycles. The van der Waals surface area contributed by atoms with Crippen LogP contribution in [0.4, 0.5) is 5.82 Å². The van der Waals surface area contributed by atoms with Gasteiger partial charge in [0.25, 0.3) is 11.8 Å². The van der Waals surface area contributed by atoms with Gasteiger partial charge < -0.3 is 16.4 Å². The first-order valence-electron chi connectivity index (χ1n) is 12.5. The number of carbonyl (C=O) groups excluding carboxylic acids is 2. The van der Waals surface area contributed by atoms with E-state index in [1.54, 1.807) is 15.6 Å². The van der Waals surface area contributed by atoms with Crippen LogP contribution in [0.2, 0.25) is 0 Å². The topological polar surface area (TPSA) is 125 Å². The Kier molecular flexibility index (Phi) is 5.32. The minimum atomic E-state index is -0.606. The Hall–Kier alpha value is -4.06. The first-order chi connectivity index (χ1) is 17.4. The van der Waals surface area contributed by atoms with E-state index in [2.05, 4.69) is 16.9 Å². The lowest BCUT2D eigenvalue weighted by molar-refractivity contribution is -0.125. The Morgan fingerprint density at radius 2 is 1.94 bits per heavy atom. The molecule has 9 heteroatoms. The van der Waals surface area contributed by atoms with Crippen molar-refractivity contribution in [3.05, 3.63) is 53.9 Å². The van der Waals surface area contributed by atoms with Crippen LogP contribution in [0.25, 0.3) is 11.3 Å². The van der Waals surface area contributed by atoms with Gasteiger partial charge in [0.15, 0.2) is 0 Å². The standard InChI is InChI=1S/C27H29N7O2/c28-25-23(26(29)36)24(20-14-30-33(16-20)15-19-4-2-1-3-5-19)31-34(25)21-12-27(13-21)10-11-32(17-27)22(35)9-8-18-6-7-18/h1-5,14,16,18,21H,6-7,10-13,15,17,28H2,(H2,29,36). The van der Waals surface area contributed by atoms with E-state index in [1.165, 1.54) is 0 Å². The smallest absolute Gasteiger partial charge is 0.298 e. The molecule has 36 heavy (non-hydrogen) atoms. The molecule has 2 aromatic heterocycles. The summed E-state index contributed by atoms with van der Waals surface area (Å²) in [5, 5.41) is 9.19. The first kappa shape index (κ1) is 22.4. The highest BCUT2D eigenvalue weighted by atomic mass is 16.2. The molecule has 3 aliphatic rings. The zero-order valence-corrected chi connectivity index (χ0v) is 20.1. The molecule has 2 aliphatic carbocycles. The third-order valence-electron chi connectivity index (χ3n) is 7.66. The Balaban J connectivity index is 1.18. The number of nitrogens with two attached hydrogens (primary N) is 2. The minimum Gasteiger partial charge on any atom is -0.383 e. The van der Waals surface area contributed by atoms with E-state index in [0.29, 0.717) is 30.3 Å². The Morgan fingerprint density at radius 1 is 1.17 bits per heavy atom. The van der Waals surface area contributed by atoms with Crippen molar-refractivity contribution in [3.63, 3.8) is 0 Å². The molecule has 3 aromatic rings. The third kappa shape index (κ3) is 4.13. The number of aromatic nitrogens is 4.